The summed E-state index contributed by atoms with van der Waals surface area (Å²) in [5.41, 5.74) is 6.27. The van der Waals surface area contributed by atoms with Gasteiger partial charge in [-0.1, -0.05) is 6.07 Å². The fourth-order valence-electron chi connectivity index (χ4n) is 1.93. The van der Waals surface area contributed by atoms with Gasteiger partial charge in [-0.25, -0.2) is 9.37 Å². The van der Waals surface area contributed by atoms with E-state index in [0.29, 0.717) is 37.2 Å². The molecule has 2 aromatic rings. The molecule has 0 aliphatic carbocycles. The summed E-state index contributed by atoms with van der Waals surface area (Å²) in [4.78, 5) is 10.4. The fraction of sp³-hybridized carbons (Fsp3) is 0.333. The lowest BCUT2D eigenvalue weighted by atomic mass is 10.2. The van der Waals surface area contributed by atoms with Gasteiger partial charge in [-0.15, -0.1) is 0 Å². The number of rotatable bonds is 7. The number of ether oxygens (including phenoxy) is 1. The molecular formula is C15H19FN4O. The SMILES string of the molecule is CCOc1ccnc(N(CCCN)c2cccc(F)c2)n1. The first-order valence-corrected chi connectivity index (χ1v) is 6.93. The Morgan fingerprint density at radius 1 is 1.33 bits per heavy atom. The second-order valence-corrected chi connectivity index (χ2v) is 4.40. The summed E-state index contributed by atoms with van der Waals surface area (Å²) >= 11 is 0. The number of anilines is 2. The average molecular weight is 290 g/mol. The van der Waals surface area contributed by atoms with Gasteiger partial charge in [0.1, 0.15) is 5.82 Å². The molecule has 0 spiro atoms. The fourth-order valence-corrected chi connectivity index (χ4v) is 1.93. The van der Waals surface area contributed by atoms with Gasteiger partial charge in [-0.3, -0.25) is 0 Å². The Bertz CT molecular complexity index is 579. The third-order valence-electron chi connectivity index (χ3n) is 2.86. The van der Waals surface area contributed by atoms with Gasteiger partial charge >= 0.3 is 0 Å². The Labute approximate surface area is 123 Å². The summed E-state index contributed by atoms with van der Waals surface area (Å²) in [5.74, 6) is 0.669. The quantitative estimate of drug-likeness (QED) is 0.848. The summed E-state index contributed by atoms with van der Waals surface area (Å²) in [6.07, 6.45) is 2.38. The molecule has 5 nitrogen and oxygen atoms in total. The molecule has 112 valence electrons. The maximum absolute atomic E-state index is 13.4. The Kier molecular flexibility index (Phi) is 5.45. The van der Waals surface area contributed by atoms with E-state index in [1.54, 1.807) is 18.3 Å². The molecule has 0 aliphatic heterocycles. The number of hydrogen-bond donors (Lipinski definition) is 1. The molecule has 21 heavy (non-hydrogen) atoms. The smallest absolute Gasteiger partial charge is 0.233 e. The molecule has 1 aromatic heterocycles. The predicted octanol–water partition coefficient (Wildman–Crippen LogP) is 2.50. The Hall–Kier alpha value is -2.21. The maximum Gasteiger partial charge on any atom is 0.233 e. The maximum atomic E-state index is 13.4. The standard InChI is InChI=1S/C15H19FN4O/c1-2-21-14-7-9-18-15(19-14)20(10-4-8-17)13-6-3-5-12(16)11-13/h3,5-7,9,11H,2,4,8,10,17H2,1H3. The van der Waals surface area contributed by atoms with E-state index >= 15 is 0 Å². The van der Waals surface area contributed by atoms with Crippen LogP contribution in [0.4, 0.5) is 16.0 Å². The molecule has 6 heteroatoms. The average Bonchev–Trinajstić information content (AvgIpc) is 2.49. The highest BCUT2D eigenvalue weighted by Crippen LogP contribution is 2.24. The van der Waals surface area contributed by atoms with Crippen LogP contribution in [-0.2, 0) is 0 Å². The Morgan fingerprint density at radius 3 is 2.90 bits per heavy atom. The van der Waals surface area contributed by atoms with Crippen molar-refractivity contribution in [3.05, 3.63) is 42.3 Å². The molecule has 1 aromatic carbocycles. The monoisotopic (exact) mass is 290 g/mol. The van der Waals surface area contributed by atoms with Crippen LogP contribution in [0.5, 0.6) is 5.88 Å². The van der Waals surface area contributed by atoms with Crippen molar-refractivity contribution in [2.45, 2.75) is 13.3 Å². The molecule has 0 saturated heterocycles. The highest BCUT2D eigenvalue weighted by molar-refractivity contribution is 5.57. The van der Waals surface area contributed by atoms with Crippen LogP contribution in [0.1, 0.15) is 13.3 Å². The largest absolute Gasteiger partial charge is 0.478 e. The molecule has 2 N–H and O–H groups in total. The van der Waals surface area contributed by atoms with Crippen molar-refractivity contribution >= 4 is 11.6 Å². The second-order valence-electron chi connectivity index (χ2n) is 4.40. The van der Waals surface area contributed by atoms with Gasteiger partial charge in [0, 0.05) is 24.5 Å². The Balaban J connectivity index is 2.33. The van der Waals surface area contributed by atoms with E-state index in [0.717, 1.165) is 6.42 Å². The summed E-state index contributed by atoms with van der Waals surface area (Å²) in [6, 6.07) is 8.03. The van der Waals surface area contributed by atoms with E-state index in [1.165, 1.54) is 12.1 Å². The van der Waals surface area contributed by atoms with Crippen molar-refractivity contribution in [3.63, 3.8) is 0 Å². The van der Waals surface area contributed by atoms with Crippen LogP contribution in [0.3, 0.4) is 0 Å². The third kappa shape index (κ3) is 4.13. The lowest BCUT2D eigenvalue weighted by molar-refractivity contribution is 0.326. The molecule has 0 bridgehead atoms. The second kappa shape index (κ2) is 7.54. The van der Waals surface area contributed by atoms with E-state index in [-0.39, 0.29) is 5.82 Å². The van der Waals surface area contributed by atoms with Crippen LogP contribution in [-0.4, -0.2) is 29.7 Å². The van der Waals surface area contributed by atoms with Crippen molar-refractivity contribution in [2.24, 2.45) is 5.73 Å². The normalized spacial score (nSPS) is 10.4. The number of hydrogen-bond acceptors (Lipinski definition) is 5. The van der Waals surface area contributed by atoms with Crippen LogP contribution in [0.2, 0.25) is 0 Å². The first-order chi connectivity index (χ1) is 10.2. The topological polar surface area (TPSA) is 64.3 Å². The van der Waals surface area contributed by atoms with Gasteiger partial charge in [0.15, 0.2) is 0 Å². The summed E-state index contributed by atoms with van der Waals surface area (Å²) in [6.45, 7) is 3.56. The van der Waals surface area contributed by atoms with Gasteiger partial charge < -0.3 is 15.4 Å². The highest BCUT2D eigenvalue weighted by atomic mass is 19.1. The molecule has 1 heterocycles. The van der Waals surface area contributed by atoms with Gasteiger partial charge in [0.25, 0.3) is 0 Å². The van der Waals surface area contributed by atoms with E-state index in [4.69, 9.17) is 10.5 Å². The molecule has 0 unspecified atom stereocenters. The predicted molar refractivity (Wildman–Crippen MR) is 80.3 cm³/mol. The number of nitrogens with two attached hydrogens (primary N) is 1. The van der Waals surface area contributed by atoms with Crippen molar-refractivity contribution < 1.29 is 9.13 Å². The van der Waals surface area contributed by atoms with Crippen molar-refractivity contribution in [3.8, 4) is 5.88 Å². The van der Waals surface area contributed by atoms with E-state index < -0.39 is 0 Å². The van der Waals surface area contributed by atoms with Crippen LogP contribution < -0.4 is 15.4 Å². The minimum absolute atomic E-state index is 0.300. The number of aromatic nitrogens is 2. The summed E-state index contributed by atoms with van der Waals surface area (Å²) in [5, 5.41) is 0. The van der Waals surface area contributed by atoms with Crippen LogP contribution in [0.25, 0.3) is 0 Å². The zero-order valence-electron chi connectivity index (χ0n) is 12.0. The van der Waals surface area contributed by atoms with Crippen LogP contribution in [0, 0.1) is 5.82 Å². The van der Waals surface area contributed by atoms with Gasteiger partial charge in [-0.05, 0) is 38.1 Å². The van der Waals surface area contributed by atoms with E-state index in [9.17, 15) is 4.39 Å². The molecule has 0 radical (unpaired) electrons. The number of benzene rings is 1. The van der Waals surface area contributed by atoms with Gasteiger partial charge in [0.2, 0.25) is 11.8 Å². The third-order valence-corrected chi connectivity index (χ3v) is 2.86. The zero-order valence-corrected chi connectivity index (χ0v) is 12.0. The van der Waals surface area contributed by atoms with Gasteiger partial charge in [-0.2, -0.15) is 4.98 Å². The summed E-state index contributed by atoms with van der Waals surface area (Å²) in [7, 11) is 0. The van der Waals surface area contributed by atoms with Crippen molar-refractivity contribution in [1.82, 2.24) is 9.97 Å². The van der Waals surface area contributed by atoms with E-state index in [2.05, 4.69) is 9.97 Å². The van der Waals surface area contributed by atoms with Crippen molar-refractivity contribution in [2.75, 3.05) is 24.6 Å². The zero-order chi connectivity index (χ0) is 15.1. The molecule has 0 amide bonds. The minimum atomic E-state index is -0.300. The van der Waals surface area contributed by atoms with Crippen LogP contribution in [0.15, 0.2) is 36.5 Å². The first kappa shape index (κ1) is 15.2. The molecule has 0 aliphatic rings. The minimum Gasteiger partial charge on any atom is -0.478 e. The van der Waals surface area contributed by atoms with Crippen molar-refractivity contribution in [1.29, 1.82) is 0 Å². The lowest BCUT2D eigenvalue weighted by Gasteiger charge is -2.22. The van der Waals surface area contributed by atoms with Gasteiger partial charge in [0.05, 0.1) is 6.61 Å². The lowest BCUT2D eigenvalue weighted by Crippen LogP contribution is -2.23. The molecule has 0 fully saturated rings. The number of halogens is 1. The molecule has 2 rings (SSSR count). The highest BCUT2D eigenvalue weighted by Gasteiger charge is 2.13. The molecular weight excluding hydrogens is 271 g/mol. The first-order valence-electron chi connectivity index (χ1n) is 6.93. The molecule has 0 atom stereocenters. The number of nitrogens with zero attached hydrogens (tertiary/aromatic N) is 3. The summed E-state index contributed by atoms with van der Waals surface area (Å²) < 4.78 is 18.8. The Morgan fingerprint density at radius 2 is 2.19 bits per heavy atom. The van der Waals surface area contributed by atoms with Crippen LogP contribution >= 0.6 is 0 Å². The van der Waals surface area contributed by atoms with E-state index in [1.807, 2.05) is 17.9 Å². The molecule has 0 saturated carbocycles.